The lowest BCUT2D eigenvalue weighted by molar-refractivity contribution is -0.139. The molecular weight excluding hydrogens is 500 g/mol. The molecule has 0 saturated carbocycles. The van der Waals surface area contributed by atoms with Crippen LogP contribution in [0.2, 0.25) is 5.15 Å². The summed E-state index contributed by atoms with van der Waals surface area (Å²) in [5.74, 6) is -1.84. The van der Waals surface area contributed by atoms with Crippen LogP contribution in [0.5, 0.6) is 0 Å². The van der Waals surface area contributed by atoms with Crippen molar-refractivity contribution < 1.29 is 28.2 Å². The minimum Gasteiger partial charge on any atom is -0.480 e. The van der Waals surface area contributed by atoms with Crippen LogP contribution >= 0.6 is 11.6 Å². The lowest BCUT2D eigenvalue weighted by atomic mass is 10.3. The van der Waals surface area contributed by atoms with E-state index in [-0.39, 0.29) is 19.6 Å². The summed E-state index contributed by atoms with van der Waals surface area (Å²) in [5, 5.41) is 19.1. The van der Waals surface area contributed by atoms with Crippen LogP contribution in [0.15, 0.2) is 18.2 Å². The molecule has 14 heteroatoms. The van der Waals surface area contributed by atoms with E-state index < -0.39 is 22.0 Å². The molecule has 198 valence electrons. The minimum atomic E-state index is -3.32. The lowest BCUT2D eigenvalue weighted by Gasteiger charge is -2.33. The first kappa shape index (κ1) is 29.4. The number of nitrogens with zero attached hydrogens (tertiary/aromatic N) is 5. The van der Waals surface area contributed by atoms with Crippen LogP contribution < -0.4 is 4.72 Å². The fourth-order valence-corrected chi connectivity index (χ4v) is 4.46. The van der Waals surface area contributed by atoms with Crippen molar-refractivity contribution >= 4 is 33.6 Å². The standard InChI is InChI=1S/C21H35ClN6O6S/c1-35(33,34)23-5-6-25-7-9-27(16-20(29)30)13-11-26(15-18-3-2-4-19(22)24-18)12-14-28(10-8-25)17-21(31)32/h2-4,23H,5-17H2,1H3,(H,29,30)(H,31,32). The second-order valence-electron chi connectivity index (χ2n) is 8.58. The first-order valence-corrected chi connectivity index (χ1v) is 13.7. The summed E-state index contributed by atoms with van der Waals surface area (Å²) in [6.07, 6.45) is 1.09. The molecule has 0 bridgehead atoms. The van der Waals surface area contributed by atoms with Crippen LogP contribution in [0.4, 0.5) is 0 Å². The molecule has 3 N–H and O–H groups in total. The van der Waals surface area contributed by atoms with Gasteiger partial charge in [-0.1, -0.05) is 17.7 Å². The Morgan fingerprint density at radius 2 is 1.40 bits per heavy atom. The zero-order valence-corrected chi connectivity index (χ0v) is 21.5. The van der Waals surface area contributed by atoms with Gasteiger partial charge in [-0.2, -0.15) is 0 Å². The molecule has 0 aromatic carbocycles. The molecule has 2 heterocycles. The molecule has 2 rings (SSSR count). The van der Waals surface area contributed by atoms with Crippen LogP contribution in [0.25, 0.3) is 0 Å². The molecule has 12 nitrogen and oxygen atoms in total. The van der Waals surface area contributed by atoms with Gasteiger partial charge in [0.2, 0.25) is 10.0 Å². The minimum absolute atomic E-state index is 0.107. The molecule has 0 amide bonds. The zero-order chi connectivity index (χ0) is 25.8. The average molecular weight is 535 g/mol. The highest BCUT2D eigenvalue weighted by Gasteiger charge is 2.19. The number of carbonyl (C=O) groups is 2. The lowest BCUT2D eigenvalue weighted by Crippen LogP contribution is -2.48. The summed E-state index contributed by atoms with van der Waals surface area (Å²) in [4.78, 5) is 35.1. The molecule has 0 aliphatic carbocycles. The Labute approximate surface area is 211 Å². The maximum atomic E-state index is 11.4. The summed E-state index contributed by atoms with van der Waals surface area (Å²) in [5.41, 5.74) is 0.781. The Bertz CT molecular complexity index is 905. The second-order valence-corrected chi connectivity index (χ2v) is 10.8. The van der Waals surface area contributed by atoms with Gasteiger partial charge in [0, 0.05) is 72.0 Å². The summed E-state index contributed by atoms with van der Waals surface area (Å²) in [7, 11) is -3.32. The van der Waals surface area contributed by atoms with Gasteiger partial charge in [-0.25, -0.2) is 18.1 Å². The molecule has 1 fully saturated rings. The average Bonchev–Trinajstić information content (AvgIpc) is 2.73. The Balaban J connectivity index is 2.14. The highest BCUT2D eigenvalue weighted by atomic mass is 35.5. The number of hydrogen-bond donors (Lipinski definition) is 3. The third-order valence-corrected chi connectivity index (χ3v) is 6.54. The Morgan fingerprint density at radius 1 is 0.914 bits per heavy atom. The summed E-state index contributed by atoms with van der Waals surface area (Å²) >= 11 is 6.02. The second kappa shape index (κ2) is 14.6. The smallest absolute Gasteiger partial charge is 0.317 e. The highest BCUT2D eigenvalue weighted by molar-refractivity contribution is 7.88. The predicted molar refractivity (Wildman–Crippen MR) is 132 cm³/mol. The van der Waals surface area contributed by atoms with Gasteiger partial charge in [0.05, 0.1) is 25.0 Å². The molecule has 0 atom stereocenters. The largest absolute Gasteiger partial charge is 0.480 e. The zero-order valence-electron chi connectivity index (χ0n) is 20.0. The summed E-state index contributed by atoms with van der Waals surface area (Å²) in [6, 6.07) is 5.39. The van der Waals surface area contributed by atoms with Gasteiger partial charge in [-0.05, 0) is 12.1 Å². The van der Waals surface area contributed by atoms with Crippen molar-refractivity contribution in [3.8, 4) is 0 Å². The van der Waals surface area contributed by atoms with E-state index in [2.05, 4.69) is 14.6 Å². The number of carboxylic acid groups (broad SMARTS) is 2. The van der Waals surface area contributed by atoms with Gasteiger partial charge in [-0.15, -0.1) is 0 Å². The number of pyridine rings is 1. The molecule has 1 aromatic rings. The van der Waals surface area contributed by atoms with E-state index >= 15 is 0 Å². The van der Waals surface area contributed by atoms with E-state index in [4.69, 9.17) is 11.6 Å². The van der Waals surface area contributed by atoms with Crippen molar-refractivity contribution in [2.75, 3.05) is 84.8 Å². The van der Waals surface area contributed by atoms with E-state index in [0.29, 0.717) is 70.6 Å². The monoisotopic (exact) mass is 534 g/mol. The topological polar surface area (TPSA) is 147 Å². The maximum Gasteiger partial charge on any atom is 0.317 e. The normalized spacial score (nSPS) is 18.6. The van der Waals surface area contributed by atoms with Gasteiger partial charge >= 0.3 is 11.9 Å². The molecule has 0 unspecified atom stereocenters. The molecule has 1 aromatic heterocycles. The molecule has 1 aliphatic heterocycles. The third-order valence-electron chi connectivity index (χ3n) is 5.60. The van der Waals surface area contributed by atoms with E-state index in [1.54, 1.807) is 6.07 Å². The third kappa shape index (κ3) is 13.1. The molecule has 0 spiro atoms. The molecular formula is C21H35ClN6O6S. The van der Waals surface area contributed by atoms with E-state index in [1.807, 2.05) is 26.8 Å². The maximum absolute atomic E-state index is 11.4. The SMILES string of the molecule is CS(=O)(=O)NCCN1CCN(CC(=O)O)CCN(Cc2cccc(Cl)n2)CCN(CC(=O)O)CC1. The number of aliphatic carboxylic acids is 2. The van der Waals surface area contributed by atoms with E-state index in [0.717, 1.165) is 11.9 Å². The van der Waals surface area contributed by atoms with Gasteiger partial charge in [-0.3, -0.25) is 29.2 Å². The van der Waals surface area contributed by atoms with Crippen LogP contribution in [-0.2, 0) is 26.2 Å². The number of sulfonamides is 1. The Hall–Kier alpha value is -1.87. The number of rotatable bonds is 10. The van der Waals surface area contributed by atoms with Gasteiger partial charge < -0.3 is 10.2 Å². The molecule has 1 saturated heterocycles. The summed E-state index contributed by atoms with van der Waals surface area (Å²) in [6.45, 7) is 5.09. The van der Waals surface area contributed by atoms with Crippen molar-refractivity contribution in [1.82, 2.24) is 29.3 Å². The number of carboxylic acids is 2. The first-order chi connectivity index (χ1) is 16.5. The van der Waals surface area contributed by atoms with Crippen LogP contribution in [-0.4, -0.2) is 140 Å². The molecule has 35 heavy (non-hydrogen) atoms. The first-order valence-electron chi connectivity index (χ1n) is 11.4. The molecule has 1 aliphatic rings. The quantitative estimate of drug-likeness (QED) is 0.323. The van der Waals surface area contributed by atoms with Crippen molar-refractivity contribution in [3.63, 3.8) is 0 Å². The predicted octanol–water partition coefficient (Wildman–Crippen LogP) is -0.825. The molecule has 0 radical (unpaired) electrons. The van der Waals surface area contributed by atoms with E-state index in [1.165, 1.54) is 0 Å². The van der Waals surface area contributed by atoms with Crippen molar-refractivity contribution in [2.24, 2.45) is 0 Å². The fraction of sp³-hybridized carbons (Fsp3) is 0.667. The number of nitrogens with one attached hydrogen (secondary N) is 1. The van der Waals surface area contributed by atoms with Crippen LogP contribution in [0, 0.1) is 0 Å². The van der Waals surface area contributed by atoms with Gasteiger partial charge in [0.15, 0.2) is 0 Å². The number of halogens is 1. The Morgan fingerprint density at radius 3 is 1.86 bits per heavy atom. The van der Waals surface area contributed by atoms with Gasteiger partial charge in [0.1, 0.15) is 5.15 Å². The van der Waals surface area contributed by atoms with Crippen molar-refractivity contribution in [2.45, 2.75) is 6.54 Å². The van der Waals surface area contributed by atoms with Crippen LogP contribution in [0.1, 0.15) is 5.69 Å². The number of hydrogen-bond acceptors (Lipinski definition) is 9. The van der Waals surface area contributed by atoms with E-state index in [9.17, 15) is 28.2 Å². The Kier molecular flexibility index (Phi) is 12.3. The fourth-order valence-electron chi connectivity index (χ4n) is 3.82. The number of aromatic nitrogens is 1. The highest BCUT2D eigenvalue weighted by Crippen LogP contribution is 2.09. The summed E-state index contributed by atoms with van der Waals surface area (Å²) < 4.78 is 25.3. The van der Waals surface area contributed by atoms with Crippen molar-refractivity contribution in [3.05, 3.63) is 29.0 Å². The van der Waals surface area contributed by atoms with Crippen LogP contribution in [0.3, 0.4) is 0 Å². The van der Waals surface area contributed by atoms with Gasteiger partial charge in [0.25, 0.3) is 0 Å². The van der Waals surface area contributed by atoms with Crippen molar-refractivity contribution in [1.29, 1.82) is 0 Å².